The van der Waals surface area contributed by atoms with Crippen LogP contribution in [0.25, 0.3) is 0 Å². The fraction of sp³-hybridized carbons (Fsp3) is 0.619. The molecule has 6 heteroatoms. The Kier molecular flexibility index (Phi) is 6.33. The normalized spacial score (nSPS) is 19.8. The van der Waals surface area contributed by atoms with E-state index in [1.54, 1.807) is 6.07 Å². The van der Waals surface area contributed by atoms with E-state index in [4.69, 9.17) is 5.26 Å². The lowest BCUT2D eigenvalue weighted by Gasteiger charge is -2.35. The van der Waals surface area contributed by atoms with Crippen LogP contribution in [0.1, 0.15) is 38.7 Å². The molecule has 0 atom stereocenters. The summed E-state index contributed by atoms with van der Waals surface area (Å²) >= 11 is 0. The van der Waals surface area contributed by atoms with E-state index in [-0.39, 0.29) is 17.4 Å². The van der Waals surface area contributed by atoms with Gasteiger partial charge in [0.15, 0.2) is 0 Å². The summed E-state index contributed by atoms with van der Waals surface area (Å²) in [5.41, 5.74) is 0.861. The number of piperidine rings is 1. The molecule has 1 aromatic carbocycles. The van der Waals surface area contributed by atoms with Gasteiger partial charge in [-0.15, -0.1) is 0 Å². The Bertz CT molecular complexity index is 707. The van der Waals surface area contributed by atoms with Gasteiger partial charge in [0.2, 0.25) is 5.91 Å². The Labute approximate surface area is 161 Å². The van der Waals surface area contributed by atoms with Gasteiger partial charge in [0, 0.05) is 56.9 Å². The lowest BCUT2D eigenvalue weighted by molar-refractivity contribution is -0.136. The predicted octanol–water partition coefficient (Wildman–Crippen LogP) is 2.86. The monoisotopic (exact) mass is 372 g/mol. The van der Waals surface area contributed by atoms with Crippen molar-refractivity contribution >= 4 is 11.6 Å². The number of carbonyl (C=O) groups is 1. The third kappa shape index (κ3) is 4.59. The summed E-state index contributed by atoms with van der Waals surface area (Å²) in [7, 11) is 0. The van der Waals surface area contributed by atoms with E-state index >= 15 is 0 Å². The highest BCUT2D eigenvalue weighted by Crippen LogP contribution is 2.26. The van der Waals surface area contributed by atoms with Gasteiger partial charge in [-0.25, -0.2) is 4.39 Å². The number of nitriles is 1. The zero-order chi connectivity index (χ0) is 19.4. The molecular weight excluding hydrogens is 343 g/mol. The first-order valence-electron chi connectivity index (χ1n) is 9.97. The quantitative estimate of drug-likeness (QED) is 0.819. The number of nitrogens with zero attached hydrogens (tertiary/aromatic N) is 4. The second kappa shape index (κ2) is 8.71. The van der Waals surface area contributed by atoms with Crippen molar-refractivity contribution < 1.29 is 9.18 Å². The first kappa shape index (κ1) is 19.6. The maximum atomic E-state index is 13.9. The highest BCUT2D eigenvalue weighted by molar-refractivity contribution is 5.79. The summed E-state index contributed by atoms with van der Waals surface area (Å²) in [5.74, 6) is -0.131. The lowest BCUT2D eigenvalue weighted by Crippen LogP contribution is -2.44. The number of carbonyl (C=O) groups excluding carboxylic acids is 1. The van der Waals surface area contributed by atoms with E-state index < -0.39 is 5.82 Å². The summed E-state index contributed by atoms with van der Waals surface area (Å²) in [6.45, 7) is 9.58. The predicted molar refractivity (Wildman–Crippen MR) is 104 cm³/mol. The highest BCUT2D eigenvalue weighted by atomic mass is 19.1. The summed E-state index contributed by atoms with van der Waals surface area (Å²) in [5, 5.41) is 8.86. The molecule has 2 heterocycles. The molecule has 146 valence electrons. The number of amides is 1. The molecule has 2 aliphatic heterocycles. The van der Waals surface area contributed by atoms with Crippen LogP contribution in [-0.4, -0.2) is 61.0 Å². The van der Waals surface area contributed by atoms with E-state index in [2.05, 4.69) is 23.6 Å². The fourth-order valence-electron chi connectivity index (χ4n) is 4.11. The highest BCUT2D eigenvalue weighted by Gasteiger charge is 2.30. The first-order valence-corrected chi connectivity index (χ1v) is 9.97. The minimum absolute atomic E-state index is 0.0649. The Morgan fingerprint density at radius 1 is 1.15 bits per heavy atom. The van der Waals surface area contributed by atoms with E-state index in [0.717, 1.165) is 64.2 Å². The molecule has 0 unspecified atom stereocenters. The van der Waals surface area contributed by atoms with Crippen LogP contribution in [0.2, 0.25) is 0 Å². The molecule has 0 aromatic heterocycles. The minimum Gasteiger partial charge on any atom is -0.371 e. The van der Waals surface area contributed by atoms with Crippen LogP contribution < -0.4 is 4.90 Å². The fourth-order valence-corrected chi connectivity index (χ4v) is 4.11. The first-order chi connectivity index (χ1) is 13.0. The molecule has 0 aliphatic carbocycles. The Hall–Kier alpha value is -2.13. The molecule has 0 saturated carbocycles. The zero-order valence-electron chi connectivity index (χ0n) is 16.3. The SMILES string of the molecule is CC(C)N1CCCN(C(=O)C2CCN(c3ccc(C#N)c(F)c3)CC2)CC1. The molecule has 0 bridgehead atoms. The molecule has 1 amide bonds. The molecular formula is C21H29FN4O. The third-order valence-electron chi connectivity index (χ3n) is 5.85. The second-order valence-corrected chi connectivity index (χ2v) is 7.85. The van der Waals surface area contributed by atoms with Crippen molar-refractivity contribution in [1.29, 1.82) is 5.26 Å². The van der Waals surface area contributed by atoms with Gasteiger partial charge in [-0.05, 0) is 51.3 Å². The second-order valence-electron chi connectivity index (χ2n) is 7.85. The van der Waals surface area contributed by atoms with Crippen LogP contribution in [0.15, 0.2) is 18.2 Å². The molecule has 27 heavy (non-hydrogen) atoms. The van der Waals surface area contributed by atoms with E-state index in [1.807, 2.05) is 11.0 Å². The molecule has 5 nitrogen and oxygen atoms in total. The summed E-state index contributed by atoms with van der Waals surface area (Å²) in [4.78, 5) is 19.5. The van der Waals surface area contributed by atoms with Crippen molar-refractivity contribution in [2.75, 3.05) is 44.2 Å². The van der Waals surface area contributed by atoms with Gasteiger partial charge >= 0.3 is 0 Å². The van der Waals surface area contributed by atoms with Gasteiger partial charge in [-0.3, -0.25) is 9.69 Å². The van der Waals surface area contributed by atoms with Crippen LogP contribution in [0.5, 0.6) is 0 Å². The molecule has 0 N–H and O–H groups in total. The molecule has 2 saturated heterocycles. The smallest absolute Gasteiger partial charge is 0.225 e. The van der Waals surface area contributed by atoms with Crippen molar-refractivity contribution in [3.05, 3.63) is 29.6 Å². The van der Waals surface area contributed by atoms with Crippen molar-refractivity contribution in [2.45, 2.75) is 39.2 Å². The van der Waals surface area contributed by atoms with Gasteiger partial charge in [0.05, 0.1) is 5.56 Å². The molecule has 1 aromatic rings. The summed E-state index contributed by atoms with van der Waals surface area (Å²) < 4.78 is 13.9. The van der Waals surface area contributed by atoms with Crippen LogP contribution in [-0.2, 0) is 4.79 Å². The van der Waals surface area contributed by atoms with Crippen LogP contribution in [0.3, 0.4) is 0 Å². The van der Waals surface area contributed by atoms with E-state index in [0.29, 0.717) is 6.04 Å². The van der Waals surface area contributed by atoms with Gasteiger partial charge in [0.1, 0.15) is 11.9 Å². The topological polar surface area (TPSA) is 50.6 Å². The molecule has 3 rings (SSSR count). The molecule has 2 aliphatic rings. The standard InChI is InChI=1S/C21H29FN4O/c1-16(2)24-8-3-9-26(13-12-24)21(27)17-6-10-25(11-7-17)19-5-4-18(15-23)20(22)14-19/h4-5,14,16-17H,3,6-13H2,1-2H3. The molecule has 0 radical (unpaired) electrons. The number of hydrogen-bond donors (Lipinski definition) is 0. The van der Waals surface area contributed by atoms with Gasteiger partial charge in [-0.2, -0.15) is 5.26 Å². The van der Waals surface area contributed by atoms with Crippen molar-refractivity contribution in [3.8, 4) is 6.07 Å². The molecule has 0 spiro atoms. The van der Waals surface area contributed by atoms with E-state index in [1.165, 1.54) is 12.1 Å². The number of hydrogen-bond acceptors (Lipinski definition) is 4. The Morgan fingerprint density at radius 3 is 2.52 bits per heavy atom. The maximum Gasteiger partial charge on any atom is 0.225 e. The number of halogens is 1. The van der Waals surface area contributed by atoms with Crippen LogP contribution in [0.4, 0.5) is 10.1 Å². The van der Waals surface area contributed by atoms with Crippen LogP contribution >= 0.6 is 0 Å². The Balaban J connectivity index is 1.55. The average molecular weight is 372 g/mol. The van der Waals surface area contributed by atoms with Crippen molar-refractivity contribution in [1.82, 2.24) is 9.80 Å². The minimum atomic E-state index is -0.479. The Morgan fingerprint density at radius 2 is 1.89 bits per heavy atom. The number of benzene rings is 1. The van der Waals surface area contributed by atoms with Crippen LogP contribution in [0, 0.1) is 23.1 Å². The van der Waals surface area contributed by atoms with Crippen molar-refractivity contribution in [3.63, 3.8) is 0 Å². The number of anilines is 1. The molecule has 2 fully saturated rings. The van der Waals surface area contributed by atoms with Gasteiger partial charge < -0.3 is 9.80 Å². The third-order valence-corrected chi connectivity index (χ3v) is 5.85. The average Bonchev–Trinajstić information content (AvgIpc) is 2.94. The van der Waals surface area contributed by atoms with Crippen molar-refractivity contribution in [2.24, 2.45) is 5.92 Å². The van der Waals surface area contributed by atoms with E-state index in [9.17, 15) is 9.18 Å². The maximum absolute atomic E-state index is 13.9. The lowest BCUT2D eigenvalue weighted by atomic mass is 9.94. The zero-order valence-corrected chi connectivity index (χ0v) is 16.3. The largest absolute Gasteiger partial charge is 0.371 e. The van der Waals surface area contributed by atoms with Gasteiger partial charge in [-0.1, -0.05) is 0 Å². The summed E-state index contributed by atoms with van der Waals surface area (Å²) in [6.07, 6.45) is 2.63. The van der Waals surface area contributed by atoms with Gasteiger partial charge in [0.25, 0.3) is 0 Å². The summed E-state index contributed by atoms with van der Waals surface area (Å²) in [6, 6.07) is 7.12. The number of rotatable bonds is 3.